The normalized spacial score (nSPS) is 14.8. The van der Waals surface area contributed by atoms with Gasteiger partial charge in [0.25, 0.3) is 0 Å². The van der Waals surface area contributed by atoms with Gasteiger partial charge in [0, 0.05) is 0 Å². The summed E-state index contributed by atoms with van der Waals surface area (Å²) in [5, 5.41) is 0. The summed E-state index contributed by atoms with van der Waals surface area (Å²) in [6.45, 7) is 2.21. The Kier molecular flexibility index (Phi) is 6.13. The van der Waals surface area contributed by atoms with Crippen LogP contribution in [0.3, 0.4) is 0 Å². The van der Waals surface area contributed by atoms with Gasteiger partial charge in [-0.05, 0) is 18.4 Å². The van der Waals surface area contributed by atoms with Crippen molar-refractivity contribution >= 4 is 27.4 Å². The molecule has 1 atom stereocenters. The smallest absolute Gasteiger partial charge is 0.111 e. The highest BCUT2D eigenvalue weighted by atomic mass is 32.2. The largest absolute Gasteiger partial charge is 0.386 e. The number of unbranched alkanes of at least 4 members (excludes halogenated alkanes) is 2. The lowest BCUT2D eigenvalue weighted by Crippen LogP contribution is -2.09. The summed E-state index contributed by atoms with van der Waals surface area (Å²) in [4.78, 5) is 0. The minimum Gasteiger partial charge on any atom is -0.386 e. The maximum absolute atomic E-state index is 5.48. The van der Waals surface area contributed by atoms with Crippen LogP contribution in [0.5, 0.6) is 0 Å². The van der Waals surface area contributed by atoms with E-state index in [1.807, 2.05) is 0 Å². The fourth-order valence-electron chi connectivity index (χ4n) is 0.709. The Morgan fingerprint density at radius 3 is 2.50 bits per heavy atom. The molecule has 0 aliphatic rings. The molecule has 0 saturated carbocycles. The van der Waals surface area contributed by atoms with Crippen LogP contribution in [0.2, 0.25) is 0 Å². The average Bonchev–Trinajstić information content (AvgIpc) is 1.88. The van der Waals surface area contributed by atoms with E-state index in [4.69, 9.17) is 18.0 Å². The molecule has 3 heteroatoms. The highest BCUT2D eigenvalue weighted by Crippen LogP contribution is 2.21. The van der Waals surface area contributed by atoms with E-state index in [0.717, 1.165) is 4.32 Å². The van der Waals surface area contributed by atoms with Gasteiger partial charge in [0.15, 0.2) is 0 Å². The molecule has 0 aliphatic heterocycles. The molecule has 0 spiro atoms. The lowest BCUT2D eigenvalue weighted by atomic mass is 10.3. The van der Waals surface area contributed by atoms with Crippen LogP contribution in [-0.4, -0.2) is 16.3 Å². The standard InChI is InChI=1S/C7H17NS2/c1-3-4-5-6-10(2)7(8)9/h10H,3-6H2,1-2H3,(H2,8,9). The topological polar surface area (TPSA) is 26.0 Å². The molecule has 0 fully saturated rings. The lowest BCUT2D eigenvalue weighted by Gasteiger charge is -2.12. The molecule has 0 aromatic carbocycles. The Morgan fingerprint density at radius 2 is 2.10 bits per heavy atom. The highest BCUT2D eigenvalue weighted by molar-refractivity contribution is 8.35. The molecule has 0 bridgehead atoms. The van der Waals surface area contributed by atoms with E-state index in [-0.39, 0.29) is 10.9 Å². The monoisotopic (exact) mass is 179 g/mol. The van der Waals surface area contributed by atoms with Gasteiger partial charge < -0.3 is 5.73 Å². The molecule has 2 N–H and O–H groups in total. The molecule has 0 aliphatic carbocycles. The first-order valence-corrected chi connectivity index (χ1v) is 6.07. The predicted molar refractivity (Wildman–Crippen MR) is 56.1 cm³/mol. The van der Waals surface area contributed by atoms with E-state index in [0.29, 0.717) is 0 Å². The second-order valence-electron chi connectivity index (χ2n) is 2.47. The van der Waals surface area contributed by atoms with E-state index in [1.54, 1.807) is 0 Å². The van der Waals surface area contributed by atoms with Crippen LogP contribution >= 0.6 is 23.1 Å². The summed E-state index contributed by atoms with van der Waals surface area (Å²) < 4.78 is 0.728. The molecule has 1 nitrogen and oxygen atoms in total. The molecule has 1 unspecified atom stereocenters. The number of thiol groups is 1. The number of rotatable bonds is 4. The lowest BCUT2D eigenvalue weighted by molar-refractivity contribution is 0.778. The molecule has 0 aromatic heterocycles. The summed E-state index contributed by atoms with van der Waals surface area (Å²) in [5.41, 5.74) is 5.48. The SMILES string of the molecule is CCCCC[SH](C)C(N)=S. The van der Waals surface area contributed by atoms with Crippen LogP contribution in [-0.2, 0) is 0 Å². The molecule has 0 radical (unpaired) electrons. The molecular formula is C7H17NS2. The van der Waals surface area contributed by atoms with Crippen molar-refractivity contribution < 1.29 is 0 Å². The fourth-order valence-corrected chi connectivity index (χ4v) is 1.90. The number of nitrogens with two attached hydrogens (primary N) is 1. The molecule has 10 heavy (non-hydrogen) atoms. The predicted octanol–water partition coefficient (Wildman–Crippen LogP) is 2.05. The second kappa shape index (κ2) is 5.98. The van der Waals surface area contributed by atoms with Gasteiger partial charge in [-0.25, -0.2) is 10.9 Å². The maximum Gasteiger partial charge on any atom is 0.111 e. The molecular weight excluding hydrogens is 162 g/mol. The van der Waals surface area contributed by atoms with Crippen molar-refractivity contribution in [1.82, 2.24) is 0 Å². The Hall–Kier alpha value is 0.240. The molecule has 62 valence electrons. The van der Waals surface area contributed by atoms with Gasteiger partial charge in [-0.15, -0.1) is 0 Å². The third-order valence-electron chi connectivity index (χ3n) is 1.47. The van der Waals surface area contributed by atoms with Gasteiger partial charge in [0.2, 0.25) is 0 Å². The first kappa shape index (κ1) is 10.2. The Labute approximate surface area is 71.7 Å². The van der Waals surface area contributed by atoms with Crippen molar-refractivity contribution in [2.75, 3.05) is 12.0 Å². The minimum atomic E-state index is -0.142. The summed E-state index contributed by atoms with van der Waals surface area (Å²) in [5.74, 6) is 1.22. The maximum atomic E-state index is 5.48. The van der Waals surface area contributed by atoms with Crippen LogP contribution in [0.1, 0.15) is 26.2 Å². The zero-order valence-electron chi connectivity index (χ0n) is 6.76. The number of thiocarbonyl (C=S) groups is 1. The third-order valence-corrected chi connectivity index (χ3v) is 4.15. The summed E-state index contributed by atoms with van der Waals surface area (Å²) >= 11 is 4.87. The average molecular weight is 179 g/mol. The Morgan fingerprint density at radius 1 is 1.50 bits per heavy atom. The first-order valence-electron chi connectivity index (χ1n) is 3.69. The minimum absolute atomic E-state index is 0.142. The van der Waals surface area contributed by atoms with Gasteiger partial charge in [-0.3, -0.25) is 0 Å². The molecule has 0 rings (SSSR count). The highest BCUT2D eigenvalue weighted by Gasteiger charge is 1.97. The van der Waals surface area contributed by atoms with Gasteiger partial charge in [0.05, 0.1) is 0 Å². The van der Waals surface area contributed by atoms with Crippen LogP contribution in [0.15, 0.2) is 0 Å². The fraction of sp³-hybridized carbons (Fsp3) is 0.857. The van der Waals surface area contributed by atoms with Crippen molar-refractivity contribution in [3.63, 3.8) is 0 Å². The van der Waals surface area contributed by atoms with Crippen molar-refractivity contribution in [3.8, 4) is 0 Å². The summed E-state index contributed by atoms with van der Waals surface area (Å²) in [7, 11) is -0.142. The second-order valence-corrected chi connectivity index (χ2v) is 5.53. The molecule has 0 saturated heterocycles. The zero-order valence-corrected chi connectivity index (χ0v) is 8.47. The molecule has 0 amide bonds. The van der Waals surface area contributed by atoms with Crippen molar-refractivity contribution in [3.05, 3.63) is 0 Å². The zero-order chi connectivity index (χ0) is 7.98. The number of hydrogen-bond donors (Lipinski definition) is 2. The summed E-state index contributed by atoms with van der Waals surface area (Å²) in [6, 6.07) is 0. The third kappa shape index (κ3) is 5.06. The van der Waals surface area contributed by atoms with E-state index in [1.165, 1.54) is 25.0 Å². The van der Waals surface area contributed by atoms with E-state index in [9.17, 15) is 0 Å². The van der Waals surface area contributed by atoms with Crippen LogP contribution in [0.4, 0.5) is 0 Å². The first-order chi connectivity index (χ1) is 4.68. The Balaban J connectivity index is 3.21. The molecule has 0 aromatic rings. The van der Waals surface area contributed by atoms with E-state index in [2.05, 4.69) is 13.2 Å². The van der Waals surface area contributed by atoms with Gasteiger partial charge in [-0.2, -0.15) is 0 Å². The quantitative estimate of drug-likeness (QED) is 0.392. The van der Waals surface area contributed by atoms with Gasteiger partial charge in [-0.1, -0.05) is 32.0 Å². The van der Waals surface area contributed by atoms with Crippen LogP contribution < -0.4 is 5.73 Å². The van der Waals surface area contributed by atoms with E-state index < -0.39 is 0 Å². The van der Waals surface area contributed by atoms with Crippen molar-refractivity contribution in [1.29, 1.82) is 0 Å². The molecule has 0 heterocycles. The Bertz CT molecular complexity index is 104. The van der Waals surface area contributed by atoms with Crippen molar-refractivity contribution in [2.45, 2.75) is 26.2 Å². The van der Waals surface area contributed by atoms with E-state index >= 15 is 0 Å². The number of hydrogen-bond acceptors (Lipinski definition) is 1. The van der Waals surface area contributed by atoms with Crippen molar-refractivity contribution in [2.24, 2.45) is 5.73 Å². The van der Waals surface area contributed by atoms with Crippen LogP contribution in [0, 0.1) is 0 Å². The van der Waals surface area contributed by atoms with Gasteiger partial charge >= 0.3 is 0 Å². The van der Waals surface area contributed by atoms with Crippen LogP contribution in [0.25, 0.3) is 0 Å². The van der Waals surface area contributed by atoms with Gasteiger partial charge in [0.1, 0.15) is 4.32 Å². The summed E-state index contributed by atoms with van der Waals surface area (Å²) in [6.07, 6.45) is 6.04.